The molecule has 0 aliphatic rings. The summed E-state index contributed by atoms with van der Waals surface area (Å²) in [7, 11) is 0. The molecule has 82 valence electrons. The average molecular weight is 206 g/mol. The van der Waals surface area contributed by atoms with Crippen molar-refractivity contribution >= 4 is 5.91 Å². The van der Waals surface area contributed by atoms with Crippen molar-refractivity contribution in [2.45, 2.75) is 32.4 Å². The Morgan fingerprint density at radius 2 is 2.07 bits per heavy atom. The van der Waals surface area contributed by atoms with Crippen LogP contribution in [0, 0.1) is 0 Å². The average Bonchev–Trinajstić information content (AvgIpc) is 2.25. The SMILES string of the molecule is CC(N)CCC(=O)NCc1ccccc1. The Morgan fingerprint density at radius 3 is 2.67 bits per heavy atom. The van der Waals surface area contributed by atoms with Crippen LogP contribution >= 0.6 is 0 Å². The Morgan fingerprint density at radius 1 is 1.40 bits per heavy atom. The molecule has 0 radical (unpaired) electrons. The monoisotopic (exact) mass is 206 g/mol. The van der Waals surface area contributed by atoms with Gasteiger partial charge in [-0.05, 0) is 18.9 Å². The molecule has 0 fully saturated rings. The molecule has 0 aromatic heterocycles. The van der Waals surface area contributed by atoms with E-state index < -0.39 is 0 Å². The summed E-state index contributed by atoms with van der Waals surface area (Å²) in [6.07, 6.45) is 1.24. The van der Waals surface area contributed by atoms with Gasteiger partial charge >= 0.3 is 0 Å². The molecule has 3 heteroatoms. The van der Waals surface area contributed by atoms with Gasteiger partial charge < -0.3 is 11.1 Å². The van der Waals surface area contributed by atoms with E-state index in [2.05, 4.69) is 5.32 Å². The van der Waals surface area contributed by atoms with Crippen LogP contribution in [0.2, 0.25) is 0 Å². The zero-order chi connectivity index (χ0) is 11.1. The molecule has 3 nitrogen and oxygen atoms in total. The number of hydrogen-bond acceptors (Lipinski definition) is 2. The zero-order valence-electron chi connectivity index (χ0n) is 9.07. The minimum atomic E-state index is 0.0659. The van der Waals surface area contributed by atoms with Crippen LogP contribution < -0.4 is 11.1 Å². The van der Waals surface area contributed by atoms with E-state index >= 15 is 0 Å². The second-order valence-corrected chi connectivity index (χ2v) is 3.78. The van der Waals surface area contributed by atoms with Crippen LogP contribution in [0.15, 0.2) is 30.3 Å². The van der Waals surface area contributed by atoms with Crippen LogP contribution in [-0.2, 0) is 11.3 Å². The molecule has 0 saturated carbocycles. The Balaban J connectivity index is 2.23. The molecule has 1 rings (SSSR count). The maximum absolute atomic E-state index is 11.4. The van der Waals surface area contributed by atoms with Gasteiger partial charge in [0.05, 0.1) is 0 Å². The smallest absolute Gasteiger partial charge is 0.220 e. The lowest BCUT2D eigenvalue weighted by molar-refractivity contribution is -0.121. The summed E-state index contributed by atoms with van der Waals surface area (Å²) < 4.78 is 0. The van der Waals surface area contributed by atoms with Crippen molar-refractivity contribution in [3.63, 3.8) is 0 Å². The van der Waals surface area contributed by atoms with Crippen LogP contribution in [0.5, 0.6) is 0 Å². The number of carbonyl (C=O) groups is 1. The zero-order valence-corrected chi connectivity index (χ0v) is 9.07. The van der Waals surface area contributed by atoms with Gasteiger partial charge in [0.25, 0.3) is 0 Å². The summed E-state index contributed by atoms with van der Waals surface area (Å²) in [5, 5.41) is 2.86. The molecule has 15 heavy (non-hydrogen) atoms. The third-order valence-electron chi connectivity index (χ3n) is 2.16. The summed E-state index contributed by atoms with van der Waals surface area (Å²) in [5.74, 6) is 0.0659. The van der Waals surface area contributed by atoms with Gasteiger partial charge in [-0.1, -0.05) is 30.3 Å². The van der Waals surface area contributed by atoms with Gasteiger partial charge in [0.1, 0.15) is 0 Å². The maximum atomic E-state index is 11.4. The number of hydrogen-bond donors (Lipinski definition) is 2. The van der Waals surface area contributed by atoms with Gasteiger partial charge in [-0.2, -0.15) is 0 Å². The summed E-state index contributed by atoms with van der Waals surface area (Å²) >= 11 is 0. The molecule has 1 amide bonds. The molecule has 1 aromatic rings. The Hall–Kier alpha value is -1.35. The standard InChI is InChI=1S/C12H18N2O/c1-10(13)7-8-12(15)14-9-11-5-3-2-4-6-11/h2-6,10H,7-9,13H2,1H3,(H,14,15). The van der Waals surface area contributed by atoms with Crippen LogP contribution in [0.1, 0.15) is 25.3 Å². The Bertz CT molecular complexity index is 296. The fourth-order valence-corrected chi connectivity index (χ4v) is 1.24. The molecule has 0 spiro atoms. The predicted octanol–water partition coefficient (Wildman–Crippen LogP) is 1.43. The molecule has 1 aromatic carbocycles. The number of benzene rings is 1. The van der Waals surface area contributed by atoms with Gasteiger partial charge in [-0.15, -0.1) is 0 Å². The third-order valence-corrected chi connectivity index (χ3v) is 2.16. The first-order valence-electron chi connectivity index (χ1n) is 5.24. The lowest BCUT2D eigenvalue weighted by atomic mass is 10.2. The van der Waals surface area contributed by atoms with Gasteiger partial charge in [-0.25, -0.2) is 0 Å². The minimum absolute atomic E-state index is 0.0659. The summed E-state index contributed by atoms with van der Waals surface area (Å²) in [6.45, 7) is 2.50. The highest BCUT2D eigenvalue weighted by molar-refractivity contribution is 5.75. The fraction of sp³-hybridized carbons (Fsp3) is 0.417. The van der Waals surface area contributed by atoms with Crippen molar-refractivity contribution in [2.75, 3.05) is 0 Å². The molecule has 0 aliphatic heterocycles. The first-order valence-corrected chi connectivity index (χ1v) is 5.24. The van der Waals surface area contributed by atoms with E-state index in [-0.39, 0.29) is 11.9 Å². The maximum Gasteiger partial charge on any atom is 0.220 e. The molecule has 0 aliphatic carbocycles. The van der Waals surface area contributed by atoms with Crippen LogP contribution in [0.4, 0.5) is 0 Å². The molecular weight excluding hydrogens is 188 g/mol. The molecule has 1 unspecified atom stereocenters. The lowest BCUT2D eigenvalue weighted by Gasteiger charge is -2.06. The number of nitrogens with two attached hydrogens (primary N) is 1. The Kier molecular flexibility index (Phi) is 4.84. The van der Waals surface area contributed by atoms with Crippen molar-refractivity contribution in [2.24, 2.45) is 5.73 Å². The van der Waals surface area contributed by atoms with Crippen molar-refractivity contribution in [3.05, 3.63) is 35.9 Å². The summed E-state index contributed by atoms with van der Waals surface area (Å²) in [5.41, 5.74) is 6.69. The highest BCUT2D eigenvalue weighted by Crippen LogP contribution is 1.98. The van der Waals surface area contributed by atoms with Crippen molar-refractivity contribution < 1.29 is 4.79 Å². The molecule has 0 bridgehead atoms. The van der Waals surface area contributed by atoms with E-state index in [1.807, 2.05) is 37.3 Å². The topological polar surface area (TPSA) is 55.1 Å². The lowest BCUT2D eigenvalue weighted by Crippen LogP contribution is -2.25. The van der Waals surface area contributed by atoms with Crippen molar-refractivity contribution in [1.29, 1.82) is 0 Å². The van der Waals surface area contributed by atoms with Crippen LogP contribution in [0.25, 0.3) is 0 Å². The Labute approximate surface area is 90.7 Å². The van der Waals surface area contributed by atoms with E-state index in [0.717, 1.165) is 12.0 Å². The van der Waals surface area contributed by atoms with E-state index in [4.69, 9.17) is 5.73 Å². The van der Waals surface area contributed by atoms with Crippen molar-refractivity contribution in [1.82, 2.24) is 5.32 Å². The highest BCUT2D eigenvalue weighted by Gasteiger charge is 2.02. The molecule has 3 N–H and O–H groups in total. The van der Waals surface area contributed by atoms with Gasteiger partial charge in [0.15, 0.2) is 0 Å². The summed E-state index contributed by atoms with van der Waals surface area (Å²) in [4.78, 5) is 11.4. The second-order valence-electron chi connectivity index (χ2n) is 3.78. The van der Waals surface area contributed by atoms with E-state index in [0.29, 0.717) is 13.0 Å². The fourth-order valence-electron chi connectivity index (χ4n) is 1.24. The highest BCUT2D eigenvalue weighted by atomic mass is 16.1. The van der Waals surface area contributed by atoms with E-state index in [1.165, 1.54) is 0 Å². The van der Waals surface area contributed by atoms with E-state index in [9.17, 15) is 4.79 Å². The molecule has 1 atom stereocenters. The predicted molar refractivity (Wildman–Crippen MR) is 61.2 cm³/mol. The van der Waals surface area contributed by atoms with Crippen LogP contribution in [-0.4, -0.2) is 11.9 Å². The third kappa shape index (κ3) is 5.18. The minimum Gasteiger partial charge on any atom is -0.352 e. The largest absolute Gasteiger partial charge is 0.352 e. The van der Waals surface area contributed by atoms with E-state index in [1.54, 1.807) is 0 Å². The quantitative estimate of drug-likeness (QED) is 0.765. The van der Waals surface area contributed by atoms with Gasteiger partial charge in [0.2, 0.25) is 5.91 Å². The van der Waals surface area contributed by atoms with Crippen molar-refractivity contribution in [3.8, 4) is 0 Å². The summed E-state index contributed by atoms with van der Waals surface area (Å²) in [6, 6.07) is 9.96. The molecule has 0 heterocycles. The number of nitrogens with one attached hydrogen (secondary N) is 1. The number of amides is 1. The number of rotatable bonds is 5. The first kappa shape index (κ1) is 11.7. The molecular formula is C12H18N2O. The van der Waals surface area contributed by atoms with Gasteiger partial charge in [-0.3, -0.25) is 4.79 Å². The van der Waals surface area contributed by atoms with Crippen LogP contribution in [0.3, 0.4) is 0 Å². The second kappa shape index (κ2) is 6.19. The molecule has 0 saturated heterocycles. The normalized spacial score (nSPS) is 12.1. The first-order chi connectivity index (χ1) is 7.18. The number of carbonyl (C=O) groups excluding carboxylic acids is 1. The van der Waals surface area contributed by atoms with Gasteiger partial charge in [0, 0.05) is 19.0 Å².